The van der Waals surface area contributed by atoms with Crippen LogP contribution in [-0.4, -0.2) is 21.4 Å². The molecule has 0 saturated carbocycles. The molecule has 0 aliphatic carbocycles. The van der Waals surface area contributed by atoms with Gasteiger partial charge in [0.2, 0.25) is 0 Å². The maximum absolute atomic E-state index is 12.9. The molecule has 0 bridgehead atoms. The van der Waals surface area contributed by atoms with Crippen molar-refractivity contribution in [2.45, 2.75) is 19.9 Å². The molecule has 1 aromatic heterocycles. The summed E-state index contributed by atoms with van der Waals surface area (Å²) >= 11 is 0. The number of halogens is 1. The third-order valence-electron chi connectivity index (χ3n) is 2.78. The van der Waals surface area contributed by atoms with Gasteiger partial charge in [-0.15, -0.1) is 0 Å². The van der Waals surface area contributed by atoms with Gasteiger partial charge in [-0.25, -0.2) is 4.39 Å². The summed E-state index contributed by atoms with van der Waals surface area (Å²) in [5.74, 6) is -0.526. The first-order valence-electron chi connectivity index (χ1n) is 6.40. The third-order valence-corrected chi connectivity index (χ3v) is 2.78. The number of nitrogens with one attached hydrogen (secondary N) is 1. The fourth-order valence-corrected chi connectivity index (χ4v) is 1.76. The predicted molar refractivity (Wildman–Crippen MR) is 73.5 cm³/mol. The molecule has 20 heavy (non-hydrogen) atoms. The molecule has 0 amide bonds. The van der Waals surface area contributed by atoms with Crippen LogP contribution in [0.4, 0.5) is 4.39 Å². The number of nitrogens with zero attached hydrogens (tertiary/aromatic N) is 2. The van der Waals surface area contributed by atoms with Crippen LogP contribution in [0.3, 0.4) is 0 Å². The first kappa shape index (κ1) is 14.2. The summed E-state index contributed by atoms with van der Waals surface area (Å²) in [6, 6.07) is 6.55. The molecule has 1 heterocycles. The van der Waals surface area contributed by atoms with Gasteiger partial charge < -0.3 is 10.4 Å². The van der Waals surface area contributed by atoms with Crippen molar-refractivity contribution in [2.24, 2.45) is 0 Å². The SMILES string of the molecule is CCCNCc1nn(-c2ccc(F)cc2)c(=O)cc1O. The monoisotopic (exact) mass is 277 g/mol. The molecule has 2 aromatic rings. The zero-order valence-electron chi connectivity index (χ0n) is 11.1. The number of benzene rings is 1. The zero-order chi connectivity index (χ0) is 14.5. The maximum atomic E-state index is 12.9. The van der Waals surface area contributed by atoms with Crippen molar-refractivity contribution in [3.05, 3.63) is 52.2 Å². The minimum absolute atomic E-state index is 0.142. The van der Waals surface area contributed by atoms with E-state index in [9.17, 15) is 14.3 Å². The molecule has 0 aliphatic heterocycles. The largest absolute Gasteiger partial charge is 0.506 e. The molecule has 5 nitrogen and oxygen atoms in total. The van der Waals surface area contributed by atoms with Crippen LogP contribution in [0.2, 0.25) is 0 Å². The summed E-state index contributed by atoms with van der Waals surface area (Å²) in [5, 5.41) is 16.9. The molecule has 6 heteroatoms. The maximum Gasteiger partial charge on any atom is 0.275 e. The highest BCUT2D eigenvalue weighted by Gasteiger charge is 2.09. The quantitative estimate of drug-likeness (QED) is 0.814. The first-order valence-corrected chi connectivity index (χ1v) is 6.40. The number of hydrogen-bond donors (Lipinski definition) is 2. The average Bonchev–Trinajstić information content (AvgIpc) is 2.43. The molecular weight excluding hydrogens is 261 g/mol. The lowest BCUT2D eigenvalue weighted by molar-refractivity contribution is 0.451. The summed E-state index contributed by atoms with van der Waals surface area (Å²) in [6.07, 6.45) is 0.957. The minimum atomic E-state index is -0.464. The number of rotatable bonds is 5. The van der Waals surface area contributed by atoms with E-state index in [-0.39, 0.29) is 11.6 Å². The normalized spacial score (nSPS) is 10.7. The van der Waals surface area contributed by atoms with Crippen LogP contribution in [-0.2, 0) is 6.54 Å². The highest BCUT2D eigenvalue weighted by Crippen LogP contribution is 2.12. The lowest BCUT2D eigenvalue weighted by atomic mass is 10.3. The molecule has 2 N–H and O–H groups in total. The van der Waals surface area contributed by atoms with E-state index in [0.717, 1.165) is 23.7 Å². The number of aromatic nitrogens is 2. The van der Waals surface area contributed by atoms with Gasteiger partial charge in [0.25, 0.3) is 5.56 Å². The van der Waals surface area contributed by atoms with Crippen LogP contribution in [0.1, 0.15) is 19.0 Å². The van der Waals surface area contributed by atoms with E-state index in [1.54, 1.807) is 0 Å². The van der Waals surface area contributed by atoms with Gasteiger partial charge in [-0.2, -0.15) is 9.78 Å². The Morgan fingerprint density at radius 3 is 2.70 bits per heavy atom. The molecule has 106 valence electrons. The molecular formula is C14H16FN3O2. The smallest absolute Gasteiger partial charge is 0.275 e. The van der Waals surface area contributed by atoms with Crippen molar-refractivity contribution in [1.29, 1.82) is 0 Å². The molecule has 0 fully saturated rings. The molecule has 0 saturated heterocycles. The van der Waals surface area contributed by atoms with Crippen LogP contribution >= 0.6 is 0 Å². The summed E-state index contributed by atoms with van der Waals surface area (Å²) in [7, 11) is 0. The first-order chi connectivity index (χ1) is 9.61. The Bertz CT molecular complexity index is 638. The molecule has 2 rings (SSSR count). The van der Waals surface area contributed by atoms with Gasteiger partial charge in [0.15, 0.2) is 0 Å². The van der Waals surface area contributed by atoms with E-state index < -0.39 is 5.56 Å². The Hall–Kier alpha value is -2.21. The van der Waals surface area contributed by atoms with E-state index in [4.69, 9.17) is 0 Å². The van der Waals surface area contributed by atoms with E-state index in [2.05, 4.69) is 10.4 Å². The van der Waals surface area contributed by atoms with E-state index in [1.807, 2.05) is 6.92 Å². The Kier molecular flexibility index (Phi) is 4.47. The van der Waals surface area contributed by atoms with Crippen LogP contribution in [0.25, 0.3) is 5.69 Å². The van der Waals surface area contributed by atoms with Crippen LogP contribution < -0.4 is 10.9 Å². The Morgan fingerprint density at radius 1 is 1.35 bits per heavy atom. The molecule has 0 atom stereocenters. The van der Waals surface area contributed by atoms with Gasteiger partial charge in [0.05, 0.1) is 5.69 Å². The Morgan fingerprint density at radius 2 is 2.05 bits per heavy atom. The lowest BCUT2D eigenvalue weighted by Gasteiger charge is -2.09. The van der Waals surface area contributed by atoms with Crippen molar-refractivity contribution in [3.63, 3.8) is 0 Å². The zero-order valence-corrected chi connectivity index (χ0v) is 11.1. The topological polar surface area (TPSA) is 67.2 Å². The van der Waals surface area contributed by atoms with Crippen molar-refractivity contribution < 1.29 is 9.50 Å². The Labute approximate surface area is 115 Å². The summed E-state index contributed by atoms with van der Waals surface area (Å²) in [5.41, 5.74) is 0.365. The number of aromatic hydroxyl groups is 1. The van der Waals surface area contributed by atoms with Crippen LogP contribution in [0.15, 0.2) is 35.1 Å². The van der Waals surface area contributed by atoms with E-state index >= 15 is 0 Å². The van der Waals surface area contributed by atoms with Gasteiger partial charge in [-0.1, -0.05) is 6.92 Å². The standard InChI is InChI=1S/C14H16FN3O2/c1-2-7-16-9-12-13(19)8-14(20)18(17-12)11-5-3-10(15)4-6-11/h3-6,8,16,19H,2,7,9H2,1H3. The number of hydrogen-bond acceptors (Lipinski definition) is 4. The van der Waals surface area contributed by atoms with Crippen molar-refractivity contribution >= 4 is 0 Å². The van der Waals surface area contributed by atoms with Gasteiger partial charge >= 0.3 is 0 Å². The molecule has 0 aliphatic rings. The molecule has 0 spiro atoms. The second-order valence-corrected chi connectivity index (χ2v) is 4.38. The lowest BCUT2D eigenvalue weighted by Crippen LogP contribution is -2.24. The second-order valence-electron chi connectivity index (χ2n) is 4.38. The fraction of sp³-hybridized carbons (Fsp3) is 0.286. The van der Waals surface area contributed by atoms with Crippen molar-refractivity contribution in [2.75, 3.05) is 6.54 Å². The molecule has 1 aromatic carbocycles. The highest BCUT2D eigenvalue weighted by atomic mass is 19.1. The van der Waals surface area contributed by atoms with Gasteiger partial charge in [-0.3, -0.25) is 4.79 Å². The fourth-order valence-electron chi connectivity index (χ4n) is 1.76. The van der Waals surface area contributed by atoms with Gasteiger partial charge in [-0.05, 0) is 37.2 Å². The highest BCUT2D eigenvalue weighted by molar-refractivity contribution is 5.33. The molecule has 0 unspecified atom stereocenters. The van der Waals surface area contributed by atoms with Crippen molar-refractivity contribution in [1.82, 2.24) is 15.1 Å². The average molecular weight is 277 g/mol. The minimum Gasteiger partial charge on any atom is -0.506 e. The van der Waals surface area contributed by atoms with E-state index in [1.165, 1.54) is 24.3 Å². The second kappa shape index (κ2) is 6.29. The van der Waals surface area contributed by atoms with Gasteiger partial charge in [0.1, 0.15) is 17.3 Å². The summed E-state index contributed by atoms with van der Waals surface area (Å²) < 4.78 is 14.0. The third kappa shape index (κ3) is 3.21. The van der Waals surface area contributed by atoms with E-state index in [0.29, 0.717) is 17.9 Å². The van der Waals surface area contributed by atoms with Crippen LogP contribution in [0, 0.1) is 5.82 Å². The van der Waals surface area contributed by atoms with Crippen molar-refractivity contribution in [3.8, 4) is 11.4 Å². The van der Waals surface area contributed by atoms with Crippen LogP contribution in [0.5, 0.6) is 5.75 Å². The van der Waals surface area contributed by atoms with Gasteiger partial charge in [0, 0.05) is 12.6 Å². The Balaban J connectivity index is 2.35. The predicted octanol–water partition coefficient (Wildman–Crippen LogP) is 1.58. The molecule has 0 radical (unpaired) electrons. The summed E-state index contributed by atoms with van der Waals surface area (Å²) in [6.45, 7) is 3.18. The summed E-state index contributed by atoms with van der Waals surface area (Å²) in [4.78, 5) is 11.8.